The molecule has 0 N–H and O–H groups in total. The third-order valence-corrected chi connectivity index (χ3v) is 4.18. The molecule has 0 aliphatic rings. The Labute approximate surface area is 135 Å². The molecule has 1 aromatic heterocycles. The minimum absolute atomic E-state index is 0.0161. The van der Waals surface area contributed by atoms with Crippen molar-refractivity contribution in [1.29, 1.82) is 0 Å². The van der Waals surface area contributed by atoms with Gasteiger partial charge in [0.05, 0.1) is 11.0 Å². The van der Waals surface area contributed by atoms with Gasteiger partial charge in [-0.1, -0.05) is 30.3 Å². The molecule has 23 heavy (non-hydrogen) atoms. The number of aromatic nitrogens is 2. The Morgan fingerprint density at radius 2 is 1.57 bits per heavy atom. The fraction of sp³-hybridized carbons (Fsp3) is 0.263. The normalized spacial score (nSPS) is 11.0. The number of nitrogens with zero attached hydrogens (tertiary/aromatic N) is 2. The van der Waals surface area contributed by atoms with E-state index in [0.29, 0.717) is 25.1 Å². The van der Waals surface area contributed by atoms with Crippen LogP contribution in [-0.2, 0) is 19.5 Å². The molecule has 0 spiro atoms. The van der Waals surface area contributed by atoms with Gasteiger partial charge in [-0.15, -0.1) is 0 Å². The Morgan fingerprint density at radius 3 is 2.22 bits per heavy atom. The number of ketones is 1. The fourth-order valence-electron chi connectivity index (χ4n) is 2.99. The number of carbonyl (C=O) groups is 1. The van der Waals surface area contributed by atoms with Crippen molar-refractivity contribution in [3.05, 3.63) is 70.1 Å². The molecule has 4 heteroatoms. The quantitative estimate of drug-likeness (QED) is 0.679. The topological polar surface area (TPSA) is 44.0 Å². The minimum atomic E-state index is -0.0161. The first-order valence-corrected chi connectivity index (χ1v) is 7.96. The lowest BCUT2D eigenvalue weighted by molar-refractivity contribution is 0.0993. The largest absolute Gasteiger partial charge is 0.329 e. The molecule has 0 fully saturated rings. The first-order chi connectivity index (χ1) is 11.2. The summed E-state index contributed by atoms with van der Waals surface area (Å²) in [6.45, 7) is 5.12. The van der Waals surface area contributed by atoms with Crippen LogP contribution in [0.2, 0.25) is 0 Å². The highest BCUT2D eigenvalue weighted by molar-refractivity contribution is 6.00. The summed E-state index contributed by atoms with van der Waals surface area (Å²) in [6.07, 6.45) is 0.372. The third-order valence-electron chi connectivity index (χ3n) is 4.18. The average Bonchev–Trinajstić information content (AvgIpc) is 2.85. The highest BCUT2D eigenvalue weighted by Crippen LogP contribution is 2.17. The van der Waals surface area contributed by atoms with Gasteiger partial charge in [-0.25, -0.2) is 4.79 Å². The zero-order valence-electron chi connectivity index (χ0n) is 13.5. The maximum absolute atomic E-state index is 12.5. The van der Waals surface area contributed by atoms with Crippen LogP contribution in [0, 0.1) is 0 Å². The summed E-state index contributed by atoms with van der Waals surface area (Å²) >= 11 is 0. The number of fused-ring (bicyclic) bond motifs is 1. The van der Waals surface area contributed by atoms with E-state index in [9.17, 15) is 9.59 Å². The summed E-state index contributed by atoms with van der Waals surface area (Å²) in [6, 6.07) is 15.2. The van der Waals surface area contributed by atoms with Crippen molar-refractivity contribution in [3.8, 4) is 0 Å². The number of aryl methyl sites for hydroxylation is 2. The van der Waals surface area contributed by atoms with Crippen molar-refractivity contribution in [2.45, 2.75) is 33.4 Å². The van der Waals surface area contributed by atoms with Gasteiger partial charge in [0.25, 0.3) is 0 Å². The van der Waals surface area contributed by atoms with Crippen molar-refractivity contribution in [2.24, 2.45) is 0 Å². The number of hydrogen-bond donors (Lipinski definition) is 0. The van der Waals surface area contributed by atoms with Crippen LogP contribution in [0.1, 0.15) is 29.8 Å². The third kappa shape index (κ3) is 2.72. The maximum atomic E-state index is 12.5. The fourth-order valence-corrected chi connectivity index (χ4v) is 2.99. The number of rotatable bonds is 5. The Bertz CT molecular complexity index is 904. The number of hydrogen-bond acceptors (Lipinski definition) is 2. The molecule has 0 radical (unpaired) electrons. The van der Waals surface area contributed by atoms with Crippen molar-refractivity contribution >= 4 is 16.8 Å². The first kappa shape index (κ1) is 15.3. The Hall–Kier alpha value is -2.62. The molecule has 0 unspecified atom stereocenters. The SMILES string of the molecule is CCn1c(=O)n(CC)c2cc(C(=O)Cc3ccccc3)ccc21. The van der Waals surface area contributed by atoms with Crippen LogP contribution < -0.4 is 5.69 Å². The van der Waals surface area contributed by atoms with E-state index in [-0.39, 0.29) is 11.5 Å². The highest BCUT2D eigenvalue weighted by atomic mass is 16.1. The monoisotopic (exact) mass is 308 g/mol. The summed E-state index contributed by atoms with van der Waals surface area (Å²) in [7, 11) is 0. The number of benzene rings is 2. The second-order valence-electron chi connectivity index (χ2n) is 5.56. The van der Waals surface area contributed by atoms with E-state index in [2.05, 4.69) is 0 Å². The predicted octanol–water partition coefficient (Wildman–Crippen LogP) is 3.27. The van der Waals surface area contributed by atoms with Crippen LogP contribution in [0.3, 0.4) is 0 Å². The van der Waals surface area contributed by atoms with Crippen LogP contribution in [0.15, 0.2) is 53.3 Å². The molecule has 3 rings (SSSR count). The van der Waals surface area contributed by atoms with E-state index in [4.69, 9.17) is 0 Å². The van der Waals surface area contributed by atoms with Crippen LogP contribution >= 0.6 is 0 Å². The molecule has 0 aliphatic carbocycles. The number of imidazole rings is 1. The van der Waals surface area contributed by atoms with E-state index < -0.39 is 0 Å². The molecular weight excluding hydrogens is 288 g/mol. The van der Waals surface area contributed by atoms with Gasteiger partial charge in [0.1, 0.15) is 0 Å². The molecule has 0 saturated heterocycles. The minimum Gasteiger partial charge on any atom is -0.294 e. The molecule has 0 bridgehead atoms. The molecule has 0 aliphatic heterocycles. The Balaban J connectivity index is 2.03. The lowest BCUT2D eigenvalue weighted by Crippen LogP contribution is -2.23. The van der Waals surface area contributed by atoms with Gasteiger partial charge >= 0.3 is 5.69 Å². The Kier molecular flexibility index (Phi) is 4.15. The zero-order valence-corrected chi connectivity index (χ0v) is 13.5. The molecule has 0 saturated carbocycles. The van der Waals surface area contributed by atoms with Crippen molar-refractivity contribution < 1.29 is 4.79 Å². The first-order valence-electron chi connectivity index (χ1n) is 7.96. The van der Waals surface area contributed by atoms with E-state index in [1.54, 1.807) is 9.13 Å². The van der Waals surface area contributed by atoms with Gasteiger partial charge in [-0.05, 0) is 37.6 Å². The van der Waals surface area contributed by atoms with Gasteiger partial charge in [0, 0.05) is 25.1 Å². The second-order valence-corrected chi connectivity index (χ2v) is 5.56. The van der Waals surface area contributed by atoms with Gasteiger partial charge in [-0.2, -0.15) is 0 Å². The molecule has 0 atom stereocenters. The van der Waals surface area contributed by atoms with Crippen molar-refractivity contribution in [1.82, 2.24) is 9.13 Å². The Morgan fingerprint density at radius 1 is 0.913 bits per heavy atom. The summed E-state index contributed by atoms with van der Waals surface area (Å²) in [4.78, 5) is 24.9. The van der Waals surface area contributed by atoms with Crippen LogP contribution in [0.5, 0.6) is 0 Å². The summed E-state index contributed by atoms with van der Waals surface area (Å²) in [5.74, 6) is 0.0671. The summed E-state index contributed by atoms with van der Waals surface area (Å²) < 4.78 is 3.46. The molecule has 2 aromatic carbocycles. The van der Waals surface area contributed by atoms with Gasteiger partial charge in [0.15, 0.2) is 5.78 Å². The van der Waals surface area contributed by atoms with E-state index in [1.165, 1.54) is 0 Å². The molecule has 1 heterocycles. The van der Waals surface area contributed by atoms with Gasteiger partial charge < -0.3 is 0 Å². The highest BCUT2D eigenvalue weighted by Gasteiger charge is 2.14. The lowest BCUT2D eigenvalue weighted by Gasteiger charge is -2.04. The van der Waals surface area contributed by atoms with Crippen LogP contribution in [-0.4, -0.2) is 14.9 Å². The molecule has 4 nitrogen and oxygen atoms in total. The standard InChI is InChI=1S/C19H20N2O2/c1-3-20-16-11-10-15(13-17(16)21(4-2)19(20)23)18(22)12-14-8-6-5-7-9-14/h5-11,13H,3-4,12H2,1-2H3. The van der Waals surface area contributed by atoms with Crippen LogP contribution in [0.25, 0.3) is 11.0 Å². The van der Waals surface area contributed by atoms with Crippen LogP contribution in [0.4, 0.5) is 0 Å². The van der Waals surface area contributed by atoms with Gasteiger partial charge in [-0.3, -0.25) is 13.9 Å². The van der Waals surface area contributed by atoms with Gasteiger partial charge in [0.2, 0.25) is 0 Å². The lowest BCUT2D eigenvalue weighted by atomic mass is 10.0. The molecule has 3 aromatic rings. The number of Topliss-reactive ketones (excluding diaryl/α,β-unsaturated/α-hetero) is 1. The van der Waals surface area contributed by atoms with E-state index in [0.717, 1.165) is 16.6 Å². The molecule has 0 amide bonds. The zero-order chi connectivity index (χ0) is 16.4. The predicted molar refractivity (Wildman–Crippen MR) is 92.0 cm³/mol. The smallest absolute Gasteiger partial charge is 0.294 e. The summed E-state index contributed by atoms with van der Waals surface area (Å²) in [5.41, 5.74) is 3.35. The number of carbonyl (C=O) groups excluding carboxylic acids is 1. The average molecular weight is 308 g/mol. The second kappa shape index (κ2) is 6.24. The van der Waals surface area contributed by atoms with E-state index in [1.807, 2.05) is 62.4 Å². The maximum Gasteiger partial charge on any atom is 0.329 e. The van der Waals surface area contributed by atoms with Crippen molar-refractivity contribution in [2.75, 3.05) is 0 Å². The molecular formula is C19H20N2O2. The van der Waals surface area contributed by atoms with Crippen molar-refractivity contribution in [3.63, 3.8) is 0 Å². The van der Waals surface area contributed by atoms with E-state index >= 15 is 0 Å². The summed E-state index contributed by atoms with van der Waals surface area (Å²) in [5, 5.41) is 0. The molecule has 118 valence electrons.